The Morgan fingerprint density at radius 3 is 2.38 bits per heavy atom. The predicted molar refractivity (Wildman–Crippen MR) is 35.1 cm³/mol. The predicted octanol–water partition coefficient (Wildman–Crippen LogP) is 0.0923. The van der Waals surface area contributed by atoms with E-state index in [2.05, 4.69) is 5.32 Å². The van der Waals surface area contributed by atoms with Crippen LogP contribution < -0.4 is 5.32 Å². The molecular weight excluding hydrogens is 102 g/mol. The summed E-state index contributed by atoms with van der Waals surface area (Å²) in [6, 6.07) is 0. The second-order valence-corrected chi connectivity index (χ2v) is 1.80. The molecule has 0 bridgehead atoms. The summed E-state index contributed by atoms with van der Waals surface area (Å²) in [6.07, 6.45) is 0. The Balaban J connectivity index is 3.32. The maximum atomic E-state index is 7.09. The summed E-state index contributed by atoms with van der Waals surface area (Å²) >= 11 is 0. The fraction of sp³-hybridized carbons (Fsp3) is 0.800. The first kappa shape index (κ1) is 7.43. The molecule has 0 saturated heterocycles. The zero-order valence-electron chi connectivity index (χ0n) is 5.65. The van der Waals surface area contributed by atoms with Crippen LogP contribution in [0.2, 0.25) is 0 Å². The van der Waals surface area contributed by atoms with Crippen molar-refractivity contribution in [3.05, 3.63) is 0 Å². The van der Waals surface area contributed by atoms with Gasteiger partial charge in [0, 0.05) is 7.05 Å². The first-order chi connectivity index (χ1) is 3.68. The lowest BCUT2D eigenvalue weighted by Gasteiger charge is -2.15. The second kappa shape index (κ2) is 3.43. The zero-order valence-corrected chi connectivity index (χ0v) is 5.65. The zero-order chi connectivity index (χ0) is 6.57. The van der Waals surface area contributed by atoms with Gasteiger partial charge in [-0.3, -0.25) is 5.41 Å². The van der Waals surface area contributed by atoms with Gasteiger partial charge in [0.05, 0.1) is 12.5 Å². The highest BCUT2D eigenvalue weighted by atomic mass is 15.2. The van der Waals surface area contributed by atoms with Crippen molar-refractivity contribution in [1.82, 2.24) is 10.2 Å². The van der Waals surface area contributed by atoms with Gasteiger partial charge in [0.1, 0.15) is 0 Å². The van der Waals surface area contributed by atoms with Crippen LogP contribution in [0.3, 0.4) is 0 Å². The molecule has 0 radical (unpaired) electrons. The standard InChI is InChI=1S/C5H13N3/c1-5(6)8(3)4-7-2/h6-7H,4H2,1-3H3. The van der Waals surface area contributed by atoms with Crippen molar-refractivity contribution in [3.63, 3.8) is 0 Å². The van der Waals surface area contributed by atoms with Crippen molar-refractivity contribution in [2.45, 2.75) is 6.92 Å². The summed E-state index contributed by atoms with van der Waals surface area (Å²) in [6.45, 7) is 2.51. The number of nitrogens with zero attached hydrogens (tertiary/aromatic N) is 1. The summed E-state index contributed by atoms with van der Waals surface area (Å²) < 4.78 is 0. The third kappa shape index (κ3) is 2.58. The maximum absolute atomic E-state index is 7.09. The van der Waals surface area contributed by atoms with Crippen molar-refractivity contribution in [2.75, 3.05) is 20.8 Å². The summed E-state index contributed by atoms with van der Waals surface area (Å²) in [4.78, 5) is 1.82. The van der Waals surface area contributed by atoms with Crippen LogP contribution in [0.25, 0.3) is 0 Å². The number of rotatable bonds is 2. The normalized spacial score (nSPS) is 8.88. The molecule has 0 heterocycles. The second-order valence-electron chi connectivity index (χ2n) is 1.80. The largest absolute Gasteiger partial charge is 0.351 e. The van der Waals surface area contributed by atoms with Gasteiger partial charge in [-0.15, -0.1) is 0 Å². The smallest absolute Gasteiger partial charge is 0.0933 e. The van der Waals surface area contributed by atoms with Gasteiger partial charge < -0.3 is 10.2 Å². The van der Waals surface area contributed by atoms with Crippen molar-refractivity contribution >= 4 is 5.84 Å². The first-order valence-corrected chi connectivity index (χ1v) is 2.59. The Labute approximate surface area is 50.2 Å². The molecule has 0 aromatic heterocycles. The van der Waals surface area contributed by atoms with Crippen molar-refractivity contribution in [2.24, 2.45) is 0 Å². The van der Waals surface area contributed by atoms with E-state index in [1.54, 1.807) is 6.92 Å². The topological polar surface area (TPSA) is 39.1 Å². The monoisotopic (exact) mass is 115 g/mol. The van der Waals surface area contributed by atoms with Crippen LogP contribution in [0.15, 0.2) is 0 Å². The van der Waals surface area contributed by atoms with E-state index in [4.69, 9.17) is 5.41 Å². The number of hydrogen-bond donors (Lipinski definition) is 2. The Bertz CT molecular complexity index is 79.7. The molecule has 48 valence electrons. The molecule has 0 unspecified atom stereocenters. The van der Waals surface area contributed by atoms with Gasteiger partial charge in [-0.25, -0.2) is 0 Å². The lowest BCUT2D eigenvalue weighted by molar-refractivity contribution is 0.465. The van der Waals surface area contributed by atoms with Gasteiger partial charge >= 0.3 is 0 Å². The quantitative estimate of drug-likeness (QED) is 0.304. The van der Waals surface area contributed by atoms with E-state index in [0.717, 1.165) is 6.67 Å². The van der Waals surface area contributed by atoms with E-state index in [1.807, 2.05) is 19.0 Å². The third-order valence-electron chi connectivity index (χ3n) is 0.968. The van der Waals surface area contributed by atoms with E-state index < -0.39 is 0 Å². The molecule has 0 aromatic rings. The molecule has 3 nitrogen and oxygen atoms in total. The van der Waals surface area contributed by atoms with Gasteiger partial charge in [0.15, 0.2) is 0 Å². The number of amidine groups is 1. The van der Waals surface area contributed by atoms with Gasteiger partial charge in [0.25, 0.3) is 0 Å². The summed E-state index contributed by atoms with van der Waals surface area (Å²) in [5.41, 5.74) is 0. The number of hydrogen-bond acceptors (Lipinski definition) is 2. The molecule has 0 aromatic carbocycles. The van der Waals surface area contributed by atoms with Gasteiger partial charge in [0.2, 0.25) is 0 Å². The van der Waals surface area contributed by atoms with E-state index in [1.165, 1.54) is 0 Å². The lowest BCUT2D eigenvalue weighted by Crippen LogP contribution is -2.31. The van der Waals surface area contributed by atoms with Gasteiger partial charge in [-0.2, -0.15) is 0 Å². The Kier molecular flexibility index (Phi) is 3.19. The van der Waals surface area contributed by atoms with Gasteiger partial charge in [-0.05, 0) is 14.0 Å². The minimum absolute atomic E-state index is 0.583. The molecule has 0 spiro atoms. The highest BCUT2D eigenvalue weighted by Gasteiger charge is 1.91. The highest BCUT2D eigenvalue weighted by Crippen LogP contribution is 1.77. The molecule has 0 fully saturated rings. The van der Waals surface area contributed by atoms with Crippen molar-refractivity contribution < 1.29 is 0 Å². The average Bonchev–Trinajstić information content (AvgIpc) is 1.67. The summed E-state index contributed by atoms with van der Waals surface area (Å²) in [7, 11) is 3.73. The SMILES string of the molecule is CNCN(C)C(C)=N. The van der Waals surface area contributed by atoms with Crippen LogP contribution in [0.4, 0.5) is 0 Å². The molecule has 2 N–H and O–H groups in total. The van der Waals surface area contributed by atoms with Crippen LogP contribution in [0.5, 0.6) is 0 Å². The van der Waals surface area contributed by atoms with Crippen molar-refractivity contribution in [3.8, 4) is 0 Å². The molecule has 0 saturated carbocycles. The molecular formula is C5H13N3. The molecule has 0 aliphatic rings. The fourth-order valence-corrected chi connectivity index (χ4v) is 0.356. The van der Waals surface area contributed by atoms with E-state index in [-0.39, 0.29) is 0 Å². The van der Waals surface area contributed by atoms with Crippen LogP contribution in [0, 0.1) is 5.41 Å². The van der Waals surface area contributed by atoms with Crippen LogP contribution in [-0.4, -0.2) is 31.5 Å². The summed E-state index contributed by atoms with van der Waals surface area (Å²) in [5.74, 6) is 0.583. The van der Waals surface area contributed by atoms with Crippen molar-refractivity contribution in [1.29, 1.82) is 5.41 Å². The molecule has 8 heavy (non-hydrogen) atoms. The molecule has 0 aliphatic heterocycles. The lowest BCUT2D eigenvalue weighted by atomic mass is 10.6. The number of nitrogens with one attached hydrogen (secondary N) is 2. The molecule has 0 rings (SSSR count). The van der Waals surface area contributed by atoms with E-state index in [9.17, 15) is 0 Å². The minimum atomic E-state index is 0.583. The van der Waals surface area contributed by atoms with E-state index in [0.29, 0.717) is 5.84 Å². The third-order valence-corrected chi connectivity index (χ3v) is 0.968. The summed E-state index contributed by atoms with van der Waals surface area (Å²) in [5, 5.41) is 10.0. The van der Waals surface area contributed by atoms with Gasteiger partial charge in [-0.1, -0.05) is 0 Å². The van der Waals surface area contributed by atoms with E-state index >= 15 is 0 Å². The Hall–Kier alpha value is -0.570. The molecule has 3 heteroatoms. The van der Waals surface area contributed by atoms with Crippen LogP contribution in [0.1, 0.15) is 6.92 Å². The molecule has 0 atom stereocenters. The molecule has 0 aliphatic carbocycles. The minimum Gasteiger partial charge on any atom is -0.351 e. The average molecular weight is 115 g/mol. The first-order valence-electron chi connectivity index (χ1n) is 2.59. The van der Waals surface area contributed by atoms with Crippen LogP contribution in [-0.2, 0) is 0 Å². The maximum Gasteiger partial charge on any atom is 0.0933 e. The Morgan fingerprint density at radius 2 is 2.25 bits per heavy atom. The fourth-order valence-electron chi connectivity index (χ4n) is 0.356. The molecule has 0 amide bonds. The van der Waals surface area contributed by atoms with Crippen LogP contribution >= 0.6 is 0 Å². The Morgan fingerprint density at radius 1 is 1.75 bits per heavy atom. The highest BCUT2D eigenvalue weighted by molar-refractivity contribution is 5.75.